The van der Waals surface area contributed by atoms with Crippen molar-refractivity contribution >= 4 is 23.2 Å². The Kier molecular flexibility index (Phi) is 6.66. The monoisotopic (exact) mass is 371 g/mol. The minimum atomic E-state index is -1.21. The van der Waals surface area contributed by atoms with Gasteiger partial charge in [0.2, 0.25) is 11.8 Å². The number of hydrogen-bond donors (Lipinski definition) is 2. The molecule has 0 aliphatic carbocycles. The smallest absolute Gasteiger partial charge is 0.239 e. The zero-order valence-electron chi connectivity index (χ0n) is 16.8. The van der Waals surface area contributed by atoms with Crippen LogP contribution in [0, 0.1) is 12.3 Å². The number of aryl methyl sites for hydroxylation is 1. The van der Waals surface area contributed by atoms with E-state index in [1.165, 1.54) is 0 Å². The lowest BCUT2D eigenvalue weighted by Crippen LogP contribution is -2.44. The van der Waals surface area contributed by atoms with E-state index in [4.69, 9.17) is 4.42 Å². The standard InChI is InChI=1S/C21H29N3O3/c1-6-24(7-2)16-10-11-18(15(3)13-16)23-20(26)21(4,5)19(25)22-14-17-9-8-12-27-17/h8-13H,6-7,14H2,1-5H3,(H,22,25)(H,23,26). The van der Waals surface area contributed by atoms with Gasteiger partial charge in [-0.05, 0) is 70.5 Å². The van der Waals surface area contributed by atoms with Crippen LogP contribution in [0.4, 0.5) is 11.4 Å². The van der Waals surface area contributed by atoms with Crippen molar-refractivity contribution in [2.75, 3.05) is 23.3 Å². The molecule has 0 atom stereocenters. The van der Waals surface area contributed by atoms with Crippen molar-refractivity contribution in [1.82, 2.24) is 5.32 Å². The maximum atomic E-state index is 12.7. The fourth-order valence-corrected chi connectivity index (χ4v) is 2.76. The number of carbonyl (C=O) groups is 2. The van der Waals surface area contributed by atoms with E-state index in [0.29, 0.717) is 11.4 Å². The van der Waals surface area contributed by atoms with E-state index >= 15 is 0 Å². The average Bonchev–Trinajstić information content (AvgIpc) is 3.16. The average molecular weight is 371 g/mol. The molecule has 1 aromatic heterocycles. The second-order valence-corrected chi connectivity index (χ2v) is 7.01. The van der Waals surface area contributed by atoms with Gasteiger partial charge in [0.25, 0.3) is 0 Å². The van der Waals surface area contributed by atoms with E-state index in [9.17, 15) is 9.59 Å². The highest BCUT2D eigenvalue weighted by Crippen LogP contribution is 2.25. The lowest BCUT2D eigenvalue weighted by atomic mass is 9.90. The molecule has 2 aromatic rings. The van der Waals surface area contributed by atoms with Gasteiger partial charge in [-0.3, -0.25) is 9.59 Å². The van der Waals surface area contributed by atoms with Crippen LogP contribution in [0.3, 0.4) is 0 Å². The van der Waals surface area contributed by atoms with Gasteiger partial charge in [-0.25, -0.2) is 0 Å². The van der Waals surface area contributed by atoms with Crippen LogP contribution in [0.1, 0.15) is 39.0 Å². The molecule has 6 heteroatoms. The molecule has 2 rings (SSSR count). The van der Waals surface area contributed by atoms with Gasteiger partial charge >= 0.3 is 0 Å². The van der Waals surface area contributed by atoms with Gasteiger partial charge < -0.3 is 20.0 Å². The SMILES string of the molecule is CCN(CC)c1ccc(NC(=O)C(C)(C)C(=O)NCc2ccco2)c(C)c1. The molecule has 0 fully saturated rings. The summed E-state index contributed by atoms with van der Waals surface area (Å²) in [5.41, 5.74) is 1.57. The molecule has 0 bridgehead atoms. The Morgan fingerprint density at radius 1 is 1.11 bits per heavy atom. The number of furan rings is 1. The van der Waals surface area contributed by atoms with Crippen LogP contribution in [0.5, 0.6) is 0 Å². The van der Waals surface area contributed by atoms with Crippen molar-refractivity contribution in [3.05, 3.63) is 47.9 Å². The maximum absolute atomic E-state index is 12.7. The van der Waals surface area contributed by atoms with Crippen LogP contribution in [-0.4, -0.2) is 24.9 Å². The number of benzene rings is 1. The summed E-state index contributed by atoms with van der Waals surface area (Å²) in [6, 6.07) is 9.45. The first-order valence-corrected chi connectivity index (χ1v) is 9.27. The third-order valence-corrected chi connectivity index (χ3v) is 4.73. The summed E-state index contributed by atoms with van der Waals surface area (Å²) in [5.74, 6) is -0.0608. The van der Waals surface area contributed by atoms with Gasteiger partial charge in [-0.1, -0.05) is 0 Å². The summed E-state index contributed by atoms with van der Waals surface area (Å²) < 4.78 is 5.20. The number of rotatable bonds is 8. The zero-order chi connectivity index (χ0) is 20.0. The molecule has 6 nitrogen and oxygen atoms in total. The summed E-state index contributed by atoms with van der Waals surface area (Å²) in [5, 5.41) is 5.63. The van der Waals surface area contributed by atoms with E-state index < -0.39 is 5.41 Å². The fourth-order valence-electron chi connectivity index (χ4n) is 2.76. The molecule has 0 radical (unpaired) electrons. The maximum Gasteiger partial charge on any atom is 0.239 e. The minimum absolute atomic E-state index is 0.250. The molecule has 0 saturated carbocycles. The molecule has 0 unspecified atom stereocenters. The Balaban J connectivity index is 2.04. The molecule has 1 aromatic carbocycles. The van der Waals surface area contributed by atoms with Crippen molar-refractivity contribution < 1.29 is 14.0 Å². The second-order valence-electron chi connectivity index (χ2n) is 7.01. The quantitative estimate of drug-likeness (QED) is 0.694. The Morgan fingerprint density at radius 2 is 1.81 bits per heavy atom. The number of nitrogens with one attached hydrogen (secondary N) is 2. The highest BCUT2D eigenvalue weighted by atomic mass is 16.3. The van der Waals surface area contributed by atoms with Gasteiger partial charge in [0.15, 0.2) is 0 Å². The Bertz CT molecular complexity index is 778. The highest BCUT2D eigenvalue weighted by molar-refractivity contribution is 6.10. The first kappa shape index (κ1) is 20.6. The number of amides is 2. The van der Waals surface area contributed by atoms with Crippen LogP contribution < -0.4 is 15.5 Å². The third kappa shape index (κ3) is 4.90. The van der Waals surface area contributed by atoms with Crippen LogP contribution in [0.15, 0.2) is 41.0 Å². The summed E-state index contributed by atoms with van der Waals surface area (Å²) in [4.78, 5) is 27.4. The van der Waals surface area contributed by atoms with Gasteiger partial charge in [-0.15, -0.1) is 0 Å². The fraction of sp³-hybridized carbons (Fsp3) is 0.429. The summed E-state index contributed by atoms with van der Waals surface area (Å²) in [6.07, 6.45) is 1.55. The third-order valence-electron chi connectivity index (χ3n) is 4.73. The molecule has 1 heterocycles. The van der Waals surface area contributed by atoms with E-state index in [-0.39, 0.29) is 18.4 Å². The lowest BCUT2D eigenvalue weighted by Gasteiger charge is -2.24. The van der Waals surface area contributed by atoms with E-state index in [1.54, 1.807) is 32.2 Å². The number of anilines is 2. The molecule has 0 aliphatic heterocycles. The topological polar surface area (TPSA) is 74.6 Å². The molecule has 2 amide bonds. The molecule has 146 valence electrons. The Labute approximate surface area is 160 Å². The first-order chi connectivity index (χ1) is 12.8. The van der Waals surface area contributed by atoms with Crippen molar-refractivity contribution in [1.29, 1.82) is 0 Å². The Hall–Kier alpha value is -2.76. The summed E-state index contributed by atoms with van der Waals surface area (Å²) >= 11 is 0. The molecule has 0 saturated heterocycles. The minimum Gasteiger partial charge on any atom is -0.467 e. The van der Waals surface area contributed by atoms with E-state index in [2.05, 4.69) is 29.4 Å². The molecule has 0 aliphatic rings. The second kappa shape index (κ2) is 8.75. The first-order valence-electron chi connectivity index (χ1n) is 9.27. The van der Waals surface area contributed by atoms with Gasteiger partial charge in [0, 0.05) is 24.5 Å². The molecule has 2 N–H and O–H groups in total. The normalized spacial score (nSPS) is 11.1. The van der Waals surface area contributed by atoms with Crippen molar-refractivity contribution in [3.8, 4) is 0 Å². The summed E-state index contributed by atoms with van der Waals surface area (Å²) in [7, 11) is 0. The number of carbonyl (C=O) groups excluding carboxylic acids is 2. The van der Waals surface area contributed by atoms with Gasteiger partial charge in [0.1, 0.15) is 11.2 Å². The summed E-state index contributed by atoms with van der Waals surface area (Å²) in [6.45, 7) is 11.5. The van der Waals surface area contributed by atoms with Crippen molar-refractivity contribution in [3.63, 3.8) is 0 Å². The largest absolute Gasteiger partial charge is 0.467 e. The zero-order valence-corrected chi connectivity index (χ0v) is 16.8. The molecular weight excluding hydrogens is 342 g/mol. The predicted molar refractivity (Wildman–Crippen MR) is 108 cm³/mol. The van der Waals surface area contributed by atoms with Crippen molar-refractivity contribution in [2.24, 2.45) is 5.41 Å². The Morgan fingerprint density at radius 3 is 2.37 bits per heavy atom. The predicted octanol–water partition coefficient (Wildman–Crippen LogP) is 3.72. The molecular formula is C21H29N3O3. The number of nitrogens with zero attached hydrogens (tertiary/aromatic N) is 1. The highest BCUT2D eigenvalue weighted by Gasteiger charge is 2.36. The number of hydrogen-bond acceptors (Lipinski definition) is 4. The van der Waals surface area contributed by atoms with Gasteiger partial charge in [-0.2, -0.15) is 0 Å². The van der Waals surface area contributed by atoms with Crippen LogP contribution in [0.25, 0.3) is 0 Å². The van der Waals surface area contributed by atoms with E-state index in [0.717, 1.165) is 24.3 Å². The van der Waals surface area contributed by atoms with Gasteiger partial charge in [0.05, 0.1) is 12.8 Å². The van der Waals surface area contributed by atoms with Crippen molar-refractivity contribution in [2.45, 2.75) is 41.2 Å². The lowest BCUT2D eigenvalue weighted by molar-refractivity contribution is -0.138. The molecule has 0 spiro atoms. The van der Waals surface area contributed by atoms with Crippen LogP contribution in [0.2, 0.25) is 0 Å². The molecule has 27 heavy (non-hydrogen) atoms. The van der Waals surface area contributed by atoms with Crippen LogP contribution >= 0.6 is 0 Å². The van der Waals surface area contributed by atoms with Crippen LogP contribution in [-0.2, 0) is 16.1 Å². The van der Waals surface area contributed by atoms with E-state index in [1.807, 2.05) is 25.1 Å².